The summed E-state index contributed by atoms with van der Waals surface area (Å²) in [6.07, 6.45) is 1.84. The molecule has 0 bridgehead atoms. The summed E-state index contributed by atoms with van der Waals surface area (Å²) in [7, 11) is 0. The first kappa shape index (κ1) is 12.5. The minimum atomic E-state index is 0.447. The molecule has 1 heterocycles. The van der Waals surface area contributed by atoms with E-state index < -0.39 is 0 Å². The van der Waals surface area contributed by atoms with Gasteiger partial charge in [-0.05, 0) is 31.0 Å². The van der Waals surface area contributed by atoms with Crippen LogP contribution in [0.15, 0.2) is 28.8 Å². The molecule has 2 N–H and O–H groups in total. The van der Waals surface area contributed by atoms with Crippen LogP contribution in [-0.4, -0.2) is 11.8 Å². The van der Waals surface area contributed by atoms with Crippen LogP contribution in [0.5, 0.6) is 5.75 Å². The Morgan fingerprint density at radius 1 is 1.22 bits per heavy atom. The van der Waals surface area contributed by atoms with Crippen molar-refractivity contribution in [3.05, 3.63) is 30.0 Å². The second-order valence-electron chi connectivity index (χ2n) is 4.07. The van der Waals surface area contributed by atoms with Crippen molar-refractivity contribution in [2.45, 2.75) is 26.7 Å². The molecule has 96 valence electrons. The maximum absolute atomic E-state index is 5.86. The molecule has 0 fully saturated rings. The number of aromatic nitrogens is 1. The van der Waals surface area contributed by atoms with Crippen LogP contribution in [0.4, 0.5) is 5.82 Å². The first-order chi connectivity index (χ1) is 8.76. The second-order valence-corrected chi connectivity index (χ2v) is 4.07. The Morgan fingerprint density at radius 3 is 2.56 bits per heavy atom. The van der Waals surface area contributed by atoms with Gasteiger partial charge in [-0.3, -0.25) is 0 Å². The molecule has 0 radical (unpaired) electrons. The molecule has 1 aromatic heterocycles. The Balaban J connectivity index is 2.32. The molecular formula is C14H18N2O2. The summed E-state index contributed by atoms with van der Waals surface area (Å²) in [5, 5.41) is 3.84. The fraction of sp³-hybridized carbons (Fsp3) is 0.357. The van der Waals surface area contributed by atoms with Crippen LogP contribution in [0.1, 0.15) is 26.0 Å². The Labute approximate surface area is 107 Å². The molecule has 4 heteroatoms. The number of hydrogen-bond donors (Lipinski definition) is 1. The predicted molar refractivity (Wildman–Crippen MR) is 71.5 cm³/mol. The average molecular weight is 246 g/mol. The summed E-state index contributed by atoms with van der Waals surface area (Å²) >= 11 is 0. The number of nitrogens with zero attached hydrogens (tertiary/aromatic N) is 1. The highest BCUT2D eigenvalue weighted by Crippen LogP contribution is 2.31. The van der Waals surface area contributed by atoms with Crippen LogP contribution >= 0.6 is 0 Å². The fourth-order valence-corrected chi connectivity index (χ4v) is 1.93. The van der Waals surface area contributed by atoms with Gasteiger partial charge < -0.3 is 15.0 Å². The number of aryl methyl sites for hydroxylation is 1. The van der Waals surface area contributed by atoms with E-state index in [1.54, 1.807) is 0 Å². The van der Waals surface area contributed by atoms with Crippen molar-refractivity contribution >= 4 is 5.82 Å². The van der Waals surface area contributed by atoms with Gasteiger partial charge in [0.15, 0.2) is 5.82 Å². The zero-order valence-corrected chi connectivity index (χ0v) is 10.8. The van der Waals surface area contributed by atoms with Gasteiger partial charge in [-0.2, -0.15) is 0 Å². The summed E-state index contributed by atoms with van der Waals surface area (Å²) in [6, 6.07) is 7.82. The topological polar surface area (TPSA) is 61.3 Å². The molecule has 0 aliphatic rings. The number of rotatable bonds is 5. The first-order valence-corrected chi connectivity index (χ1v) is 6.23. The summed E-state index contributed by atoms with van der Waals surface area (Å²) in [6.45, 7) is 4.72. The number of nitrogen functional groups attached to an aromatic ring is 1. The lowest BCUT2D eigenvalue weighted by atomic mass is 10.0. The third-order valence-electron chi connectivity index (χ3n) is 2.72. The maximum atomic E-state index is 5.86. The Bertz CT molecular complexity index is 503. The van der Waals surface area contributed by atoms with Gasteiger partial charge in [0.2, 0.25) is 0 Å². The van der Waals surface area contributed by atoms with Gasteiger partial charge in [0, 0.05) is 6.42 Å². The van der Waals surface area contributed by atoms with Gasteiger partial charge in [-0.1, -0.05) is 24.2 Å². The molecule has 2 rings (SSSR count). The van der Waals surface area contributed by atoms with Crippen molar-refractivity contribution < 1.29 is 9.26 Å². The standard InChI is InChI=1S/C14H18N2O2/c1-3-5-12-13(14(15)16-18-12)10-6-8-11(9-7-10)17-4-2/h6-9H,3-5H2,1-2H3,(H2,15,16). The summed E-state index contributed by atoms with van der Waals surface area (Å²) in [5.41, 5.74) is 7.78. The highest BCUT2D eigenvalue weighted by molar-refractivity contribution is 5.75. The van der Waals surface area contributed by atoms with E-state index in [1.807, 2.05) is 31.2 Å². The van der Waals surface area contributed by atoms with E-state index in [0.29, 0.717) is 12.4 Å². The van der Waals surface area contributed by atoms with E-state index in [1.165, 1.54) is 0 Å². The number of nitrogens with two attached hydrogens (primary N) is 1. The SMILES string of the molecule is CCCc1onc(N)c1-c1ccc(OCC)cc1. The zero-order chi connectivity index (χ0) is 13.0. The van der Waals surface area contributed by atoms with E-state index >= 15 is 0 Å². The van der Waals surface area contributed by atoms with Gasteiger partial charge in [-0.15, -0.1) is 0 Å². The van der Waals surface area contributed by atoms with Crippen molar-refractivity contribution in [1.82, 2.24) is 5.16 Å². The van der Waals surface area contributed by atoms with Crippen LogP contribution < -0.4 is 10.5 Å². The summed E-state index contributed by atoms with van der Waals surface area (Å²) in [4.78, 5) is 0. The number of ether oxygens (including phenoxy) is 1. The van der Waals surface area contributed by atoms with Crippen LogP contribution in [0.3, 0.4) is 0 Å². The minimum Gasteiger partial charge on any atom is -0.494 e. The molecule has 1 aromatic carbocycles. The van der Waals surface area contributed by atoms with Gasteiger partial charge in [0.25, 0.3) is 0 Å². The lowest BCUT2D eigenvalue weighted by Crippen LogP contribution is -1.93. The first-order valence-electron chi connectivity index (χ1n) is 6.23. The lowest BCUT2D eigenvalue weighted by molar-refractivity contribution is 0.340. The number of benzene rings is 1. The van der Waals surface area contributed by atoms with E-state index in [9.17, 15) is 0 Å². The van der Waals surface area contributed by atoms with E-state index in [2.05, 4.69) is 12.1 Å². The van der Waals surface area contributed by atoms with Crippen LogP contribution in [0, 0.1) is 0 Å². The monoisotopic (exact) mass is 246 g/mol. The van der Waals surface area contributed by atoms with E-state index in [0.717, 1.165) is 35.5 Å². The van der Waals surface area contributed by atoms with E-state index in [4.69, 9.17) is 15.0 Å². The largest absolute Gasteiger partial charge is 0.494 e. The molecule has 0 saturated carbocycles. The van der Waals surface area contributed by atoms with Gasteiger partial charge >= 0.3 is 0 Å². The lowest BCUT2D eigenvalue weighted by Gasteiger charge is -2.05. The van der Waals surface area contributed by atoms with Crippen molar-refractivity contribution in [3.63, 3.8) is 0 Å². The maximum Gasteiger partial charge on any atom is 0.175 e. The smallest absolute Gasteiger partial charge is 0.175 e. The third kappa shape index (κ3) is 2.47. The highest BCUT2D eigenvalue weighted by atomic mass is 16.5. The highest BCUT2D eigenvalue weighted by Gasteiger charge is 2.14. The Hall–Kier alpha value is -1.97. The summed E-state index contributed by atoms with van der Waals surface area (Å²) < 4.78 is 10.7. The second kappa shape index (κ2) is 5.58. The number of hydrogen-bond acceptors (Lipinski definition) is 4. The molecule has 2 aromatic rings. The summed E-state index contributed by atoms with van der Waals surface area (Å²) in [5.74, 6) is 2.15. The van der Waals surface area contributed by atoms with Crippen LogP contribution in [0.25, 0.3) is 11.1 Å². The third-order valence-corrected chi connectivity index (χ3v) is 2.72. The van der Waals surface area contributed by atoms with Crippen molar-refractivity contribution in [2.24, 2.45) is 0 Å². The zero-order valence-electron chi connectivity index (χ0n) is 10.8. The molecule has 0 aliphatic carbocycles. The Morgan fingerprint density at radius 2 is 1.94 bits per heavy atom. The minimum absolute atomic E-state index is 0.447. The van der Waals surface area contributed by atoms with Crippen molar-refractivity contribution in [2.75, 3.05) is 12.3 Å². The molecular weight excluding hydrogens is 228 g/mol. The van der Waals surface area contributed by atoms with Gasteiger partial charge in [0.05, 0.1) is 12.2 Å². The van der Waals surface area contributed by atoms with Gasteiger partial charge in [0.1, 0.15) is 11.5 Å². The molecule has 0 spiro atoms. The molecule has 0 saturated heterocycles. The molecule has 0 unspecified atom stereocenters. The van der Waals surface area contributed by atoms with Crippen LogP contribution in [-0.2, 0) is 6.42 Å². The molecule has 0 amide bonds. The van der Waals surface area contributed by atoms with E-state index in [-0.39, 0.29) is 0 Å². The average Bonchev–Trinajstić information content (AvgIpc) is 2.73. The molecule has 0 atom stereocenters. The molecule has 0 aliphatic heterocycles. The van der Waals surface area contributed by atoms with Crippen LogP contribution in [0.2, 0.25) is 0 Å². The molecule has 18 heavy (non-hydrogen) atoms. The predicted octanol–water partition coefficient (Wildman–Crippen LogP) is 3.28. The van der Waals surface area contributed by atoms with Crippen molar-refractivity contribution in [3.8, 4) is 16.9 Å². The fourth-order valence-electron chi connectivity index (χ4n) is 1.93. The Kier molecular flexibility index (Phi) is 3.87. The number of anilines is 1. The quantitative estimate of drug-likeness (QED) is 0.879. The van der Waals surface area contributed by atoms with Gasteiger partial charge in [-0.25, -0.2) is 0 Å². The normalized spacial score (nSPS) is 10.6. The van der Waals surface area contributed by atoms with Crippen molar-refractivity contribution in [1.29, 1.82) is 0 Å². The molecule has 4 nitrogen and oxygen atoms in total.